The molecule has 1 saturated heterocycles. The van der Waals surface area contributed by atoms with E-state index < -0.39 is 0 Å². The summed E-state index contributed by atoms with van der Waals surface area (Å²) < 4.78 is 4.75. The van der Waals surface area contributed by atoms with Crippen molar-refractivity contribution in [2.45, 2.75) is 69.9 Å². The summed E-state index contributed by atoms with van der Waals surface area (Å²) in [7, 11) is 1.48. The maximum Gasteiger partial charge on any atom is 0.307 e. The van der Waals surface area contributed by atoms with E-state index in [2.05, 4.69) is 5.32 Å². The topological polar surface area (TPSA) is 38.3 Å². The van der Waals surface area contributed by atoms with E-state index in [0.717, 1.165) is 12.3 Å². The van der Waals surface area contributed by atoms with Crippen LogP contribution in [-0.2, 0) is 9.53 Å². The average Bonchev–Trinajstić information content (AvgIpc) is 2.40. The number of ether oxygens (including phenoxy) is 1. The number of carbonyl (C=O) groups excluding carboxylic acids is 1. The van der Waals surface area contributed by atoms with Crippen LogP contribution in [0.4, 0.5) is 0 Å². The van der Waals surface area contributed by atoms with Gasteiger partial charge >= 0.3 is 5.97 Å². The van der Waals surface area contributed by atoms with E-state index in [1.807, 2.05) is 0 Å². The van der Waals surface area contributed by atoms with Gasteiger partial charge in [-0.1, -0.05) is 25.7 Å². The van der Waals surface area contributed by atoms with E-state index in [1.165, 1.54) is 52.1 Å². The molecule has 1 saturated carbocycles. The van der Waals surface area contributed by atoms with Gasteiger partial charge in [-0.15, -0.1) is 0 Å². The Hall–Kier alpha value is -0.570. The Morgan fingerprint density at radius 1 is 1.12 bits per heavy atom. The number of nitrogens with one attached hydrogen (secondary N) is 1. The zero-order valence-electron chi connectivity index (χ0n) is 10.9. The number of methoxy groups -OCH3 is 1. The number of hydrogen-bond donors (Lipinski definition) is 1. The summed E-state index contributed by atoms with van der Waals surface area (Å²) in [5.74, 6) is 0.774. The van der Waals surface area contributed by atoms with E-state index in [1.54, 1.807) is 0 Å². The average molecular weight is 239 g/mol. The van der Waals surface area contributed by atoms with Crippen molar-refractivity contribution in [2.24, 2.45) is 5.92 Å². The molecule has 1 heterocycles. The summed E-state index contributed by atoms with van der Waals surface area (Å²) in [6, 6.07) is 1.00. The first-order chi connectivity index (χ1) is 8.29. The summed E-state index contributed by atoms with van der Waals surface area (Å²) in [5.41, 5.74) is 0. The monoisotopic (exact) mass is 239 g/mol. The third-order valence-corrected chi connectivity index (χ3v) is 4.38. The van der Waals surface area contributed by atoms with E-state index >= 15 is 0 Å². The van der Waals surface area contributed by atoms with E-state index in [0.29, 0.717) is 18.5 Å². The smallest absolute Gasteiger partial charge is 0.307 e. The Bertz CT molecular complexity index is 249. The molecule has 17 heavy (non-hydrogen) atoms. The fourth-order valence-electron chi connectivity index (χ4n) is 3.41. The van der Waals surface area contributed by atoms with Gasteiger partial charge in [0.25, 0.3) is 0 Å². The molecule has 1 N–H and O–H groups in total. The minimum atomic E-state index is -0.0770. The Balaban J connectivity index is 1.81. The van der Waals surface area contributed by atoms with Gasteiger partial charge in [0.2, 0.25) is 0 Å². The molecule has 2 rings (SSSR count). The molecule has 0 aromatic carbocycles. The predicted molar refractivity (Wildman–Crippen MR) is 67.8 cm³/mol. The van der Waals surface area contributed by atoms with Crippen LogP contribution in [0.25, 0.3) is 0 Å². The largest absolute Gasteiger partial charge is 0.469 e. The van der Waals surface area contributed by atoms with Gasteiger partial charge in [-0.25, -0.2) is 0 Å². The minimum Gasteiger partial charge on any atom is -0.469 e. The van der Waals surface area contributed by atoms with Gasteiger partial charge in [-0.05, 0) is 31.6 Å². The van der Waals surface area contributed by atoms with Crippen LogP contribution in [0.1, 0.15) is 57.8 Å². The van der Waals surface area contributed by atoms with Crippen molar-refractivity contribution < 1.29 is 9.53 Å². The van der Waals surface area contributed by atoms with Crippen LogP contribution < -0.4 is 5.32 Å². The molecule has 0 aromatic heterocycles. The van der Waals surface area contributed by atoms with E-state index in [4.69, 9.17) is 4.74 Å². The number of hydrogen-bond acceptors (Lipinski definition) is 3. The highest BCUT2D eigenvalue weighted by Crippen LogP contribution is 2.31. The third kappa shape index (κ3) is 3.70. The minimum absolute atomic E-state index is 0.0770. The fourth-order valence-corrected chi connectivity index (χ4v) is 3.41. The van der Waals surface area contributed by atoms with Crippen LogP contribution in [0.15, 0.2) is 0 Å². The molecule has 0 unspecified atom stereocenters. The van der Waals surface area contributed by atoms with Gasteiger partial charge in [0.05, 0.1) is 13.5 Å². The number of esters is 1. The van der Waals surface area contributed by atoms with Gasteiger partial charge in [0.1, 0.15) is 0 Å². The molecule has 2 fully saturated rings. The standard InChI is InChI=1S/C14H25NO2/c1-17-14(16)10-12-8-5-9-13(15-12)11-6-3-2-4-7-11/h11-13,15H,2-10H2,1H3/t12-,13+/m0/s1. The molecule has 0 bridgehead atoms. The molecule has 0 spiro atoms. The van der Waals surface area contributed by atoms with Crippen molar-refractivity contribution in [1.82, 2.24) is 5.32 Å². The molecular formula is C14H25NO2. The molecular weight excluding hydrogens is 214 g/mol. The number of piperidine rings is 1. The second-order valence-electron chi connectivity index (χ2n) is 5.58. The molecule has 98 valence electrons. The zero-order valence-corrected chi connectivity index (χ0v) is 10.9. The van der Waals surface area contributed by atoms with Crippen molar-refractivity contribution >= 4 is 5.97 Å². The van der Waals surface area contributed by atoms with Crippen molar-refractivity contribution in [1.29, 1.82) is 0 Å². The van der Waals surface area contributed by atoms with Crippen LogP contribution in [-0.4, -0.2) is 25.2 Å². The number of rotatable bonds is 3. The van der Waals surface area contributed by atoms with Crippen LogP contribution >= 0.6 is 0 Å². The van der Waals surface area contributed by atoms with Gasteiger partial charge in [0, 0.05) is 12.1 Å². The summed E-state index contributed by atoms with van der Waals surface area (Å²) in [6.45, 7) is 0. The molecule has 2 atom stereocenters. The highest BCUT2D eigenvalue weighted by atomic mass is 16.5. The summed E-state index contributed by atoms with van der Waals surface area (Å²) >= 11 is 0. The Morgan fingerprint density at radius 3 is 2.59 bits per heavy atom. The summed E-state index contributed by atoms with van der Waals surface area (Å²) in [4.78, 5) is 11.3. The summed E-state index contributed by atoms with van der Waals surface area (Å²) in [6.07, 6.45) is 11.2. The maximum atomic E-state index is 11.3. The maximum absolute atomic E-state index is 11.3. The lowest BCUT2D eigenvalue weighted by Crippen LogP contribution is -2.47. The highest BCUT2D eigenvalue weighted by Gasteiger charge is 2.29. The van der Waals surface area contributed by atoms with Crippen molar-refractivity contribution in [3.8, 4) is 0 Å². The first-order valence-corrected chi connectivity index (χ1v) is 7.12. The summed E-state index contributed by atoms with van der Waals surface area (Å²) in [5, 5.41) is 3.69. The van der Waals surface area contributed by atoms with Crippen molar-refractivity contribution in [2.75, 3.05) is 7.11 Å². The Morgan fingerprint density at radius 2 is 1.88 bits per heavy atom. The van der Waals surface area contributed by atoms with E-state index in [-0.39, 0.29) is 5.97 Å². The SMILES string of the molecule is COC(=O)C[C@@H]1CCC[C@H](C2CCCCC2)N1. The Kier molecular flexibility index (Phi) is 4.84. The molecule has 3 nitrogen and oxygen atoms in total. The van der Waals surface area contributed by atoms with Crippen LogP contribution in [0, 0.1) is 5.92 Å². The predicted octanol–water partition coefficient (Wildman–Crippen LogP) is 2.64. The van der Waals surface area contributed by atoms with E-state index in [9.17, 15) is 4.79 Å². The first kappa shape index (κ1) is 12.9. The normalized spacial score (nSPS) is 31.1. The second-order valence-corrected chi connectivity index (χ2v) is 5.58. The lowest BCUT2D eigenvalue weighted by atomic mass is 9.79. The van der Waals surface area contributed by atoms with Gasteiger partial charge in [-0.3, -0.25) is 4.79 Å². The van der Waals surface area contributed by atoms with Gasteiger partial charge in [-0.2, -0.15) is 0 Å². The molecule has 2 aliphatic rings. The zero-order chi connectivity index (χ0) is 12.1. The Labute approximate surface area is 104 Å². The van der Waals surface area contributed by atoms with Crippen LogP contribution in [0.2, 0.25) is 0 Å². The lowest BCUT2D eigenvalue weighted by molar-refractivity contribution is -0.141. The lowest BCUT2D eigenvalue weighted by Gasteiger charge is -2.37. The highest BCUT2D eigenvalue weighted by molar-refractivity contribution is 5.69. The molecule has 0 amide bonds. The quantitative estimate of drug-likeness (QED) is 0.769. The molecule has 3 heteroatoms. The second kappa shape index (κ2) is 6.39. The van der Waals surface area contributed by atoms with Crippen molar-refractivity contribution in [3.63, 3.8) is 0 Å². The third-order valence-electron chi connectivity index (χ3n) is 4.38. The van der Waals surface area contributed by atoms with Gasteiger partial charge < -0.3 is 10.1 Å². The molecule has 0 aromatic rings. The fraction of sp³-hybridized carbons (Fsp3) is 0.929. The van der Waals surface area contributed by atoms with Gasteiger partial charge in [0.15, 0.2) is 0 Å². The van der Waals surface area contributed by atoms with Crippen molar-refractivity contribution in [3.05, 3.63) is 0 Å². The molecule has 1 aliphatic carbocycles. The number of carbonyl (C=O) groups is 1. The van der Waals surface area contributed by atoms with Crippen LogP contribution in [0.3, 0.4) is 0 Å². The molecule has 1 aliphatic heterocycles. The first-order valence-electron chi connectivity index (χ1n) is 7.12. The van der Waals surface area contributed by atoms with Crippen LogP contribution in [0.5, 0.6) is 0 Å². The molecule has 0 radical (unpaired) electrons.